The van der Waals surface area contributed by atoms with Crippen LogP contribution < -0.4 is 16.0 Å². The second-order valence-corrected chi connectivity index (χ2v) is 4.70. The second-order valence-electron chi connectivity index (χ2n) is 4.29. The van der Waals surface area contributed by atoms with Crippen LogP contribution in [0.15, 0.2) is 36.4 Å². The standard InChI is InChI=1S/C15H17N3O4S/c1-3-22-14(21)8-7-13(20)18-15(23)17-12-6-4-5-11(9-12)16-10(2)19/h4-9H,3H2,1-2H3,(H,16,19)(H2,17,18,20,23)/b8-7+. The van der Waals surface area contributed by atoms with Crippen molar-refractivity contribution in [2.75, 3.05) is 17.2 Å². The molecule has 0 atom stereocenters. The number of hydrogen-bond acceptors (Lipinski definition) is 5. The molecule has 0 radical (unpaired) electrons. The maximum absolute atomic E-state index is 11.6. The summed E-state index contributed by atoms with van der Waals surface area (Å²) in [6.45, 7) is 3.30. The lowest BCUT2D eigenvalue weighted by atomic mass is 10.3. The van der Waals surface area contributed by atoms with Crippen LogP contribution in [0.4, 0.5) is 11.4 Å². The smallest absolute Gasteiger partial charge is 0.330 e. The molecule has 0 aromatic heterocycles. The van der Waals surface area contributed by atoms with Crippen molar-refractivity contribution in [3.05, 3.63) is 36.4 Å². The van der Waals surface area contributed by atoms with Crippen molar-refractivity contribution in [1.82, 2.24) is 5.32 Å². The number of carbonyl (C=O) groups excluding carboxylic acids is 3. The van der Waals surface area contributed by atoms with Gasteiger partial charge in [-0.1, -0.05) is 6.07 Å². The summed E-state index contributed by atoms with van der Waals surface area (Å²) in [4.78, 5) is 33.7. The molecule has 2 amide bonds. The number of nitrogens with one attached hydrogen (secondary N) is 3. The Hall–Kier alpha value is -2.74. The number of benzene rings is 1. The molecule has 0 aliphatic heterocycles. The lowest BCUT2D eigenvalue weighted by Gasteiger charge is -2.09. The average molecular weight is 335 g/mol. The van der Waals surface area contributed by atoms with E-state index in [2.05, 4.69) is 20.7 Å². The van der Waals surface area contributed by atoms with Crippen molar-refractivity contribution in [1.29, 1.82) is 0 Å². The zero-order valence-electron chi connectivity index (χ0n) is 12.7. The fraction of sp³-hybridized carbons (Fsp3) is 0.200. The highest BCUT2D eigenvalue weighted by atomic mass is 32.1. The molecule has 0 bridgehead atoms. The first-order valence-electron chi connectivity index (χ1n) is 6.75. The number of rotatable bonds is 5. The minimum atomic E-state index is -0.607. The van der Waals surface area contributed by atoms with Crippen molar-refractivity contribution in [3.63, 3.8) is 0 Å². The first-order chi connectivity index (χ1) is 10.9. The number of hydrogen-bond donors (Lipinski definition) is 3. The lowest BCUT2D eigenvalue weighted by Crippen LogP contribution is -2.33. The molecular formula is C15H17N3O4S. The molecule has 0 aliphatic carbocycles. The molecule has 7 nitrogen and oxygen atoms in total. The van der Waals surface area contributed by atoms with Gasteiger partial charge in [-0.3, -0.25) is 14.9 Å². The van der Waals surface area contributed by atoms with Crippen LogP contribution in [0.1, 0.15) is 13.8 Å². The minimum absolute atomic E-state index is 0.0588. The molecule has 1 rings (SSSR count). The highest BCUT2D eigenvalue weighted by molar-refractivity contribution is 7.80. The SMILES string of the molecule is CCOC(=O)/C=C/C(=O)NC(=S)Nc1cccc(NC(C)=O)c1. The number of ether oxygens (including phenoxy) is 1. The second kappa shape index (κ2) is 9.31. The first kappa shape index (κ1) is 18.3. The summed E-state index contributed by atoms with van der Waals surface area (Å²) in [7, 11) is 0. The molecule has 0 saturated heterocycles. The lowest BCUT2D eigenvalue weighted by molar-refractivity contribution is -0.137. The van der Waals surface area contributed by atoms with Gasteiger partial charge in [-0.05, 0) is 37.3 Å². The van der Waals surface area contributed by atoms with E-state index in [1.807, 2.05) is 0 Å². The zero-order valence-corrected chi connectivity index (χ0v) is 13.5. The number of carbonyl (C=O) groups is 3. The van der Waals surface area contributed by atoms with Crippen molar-refractivity contribution in [2.24, 2.45) is 0 Å². The van der Waals surface area contributed by atoms with Gasteiger partial charge < -0.3 is 15.4 Å². The summed E-state index contributed by atoms with van der Waals surface area (Å²) in [5, 5.41) is 7.87. The van der Waals surface area contributed by atoms with Crippen LogP contribution in [-0.2, 0) is 19.1 Å². The molecule has 1 aromatic carbocycles. The van der Waals surface area contributed by atoms with E-state index >= 15 is 0 Å². The normalized spacial score (nSPS) is 10.0. The molecule has 122 valence electrons. The average Bonchev–Trinajstić information content (AvgIpc) is 2.45. The van der Waals surface area contributed by atoms with E-state index in [4.69, 9.17) is 12.2 Å². The van der Waals surface area contributed by atoms with E-state index in [1.54, 1.807) is 31.2 Å². The Morgan fingerprint density at radius 2 is 1.83 bits per heavy atom. The highest BCUT2D eigenvalue weighted by Gasteiger charge is 2.04. The largest absolute Gasteiger partial charge is 0.463 e. The van der Waals surface area contributed by atoms with Crippen LogP contribution >= 0.6 is 12.2 Å². The number of amides is 2. The third-order valence-electron chi connectivity index (χ3n) is 2.33. The van der Waals surface area contributed by atoms with Crippen LogP contribution in [0.2, 0.25) is 0 Å². The molecule has 1 aromatic rings. The van der Waals surface area contributed by atoms with E-state index < -0.39 is 11.9 Å². The first-order valence-corrected chi connectivity index (χ1v) is 7.16. The van der Waals surface area contributed by atoms with Gasteiger partial charge in [0.1, 0.15) is 0 Å². The van der Waals surface area contributed by atoms with Gasteiger partial charge in [0.15, 0.2) is 5.11 Å². The van der Waals surface area contributed by atoms with E-state index in [-0.39, 0.29) is 17.6 Å². The third-order valence-corrected chi connectivity index (χ3v) is 2.54. The quantitative estimate of drug-likeness (QED) is 0.429. The van der Waals surface area contributed by atoms with Crippen LogP contribution in [0.5, 0.6) is 0 Å². The van der Waals surface area contributed by atoms with E-state index in [9.17, 15) is 14.4 Å². The van der Waals surface area contributed by atoms with Gasteiger partial charge in [-0.2, -0.15) is 0 Å². The Labute approximate surface area is 139 Å². The van der Waals surface area contributed by atoms with Gasteiger partial charge >= 0.3 is 5.97 Å². The Morgan fingerprint density at radius 3 is 2.43 bits per heavy atom. The molecule has 0 fully saturated rings. The van der Waals surface area contributed by atoms with Gasteiger partial charge in [0, 0.05) is 30.5 Å². The molecule has 23 heavy (non-hydrogen) atoms. The number of thiocarbonyl (C=S) groups is 1. The van der Waals surface area contributed by atoms with E-state index in [0.29, 0.717) is 11.4 Å². The predicted octanol–water partition coefficient (Wildman–Crippen LogP) is 1.58. The fourth-order valence-corrected chi connectivity index (χ4v) is 1.75. The maximum Gasteiger partial charge on any atom is 0.330 e. The highest BCUT2D eigenvalue weighted by Crippen LogP contribution is 2.14. The van der Waals surface area contributed by atoms with Gasteiger partial charge in [0.25, 0.3) is 0 Å². The van der Waals surface area contributed by atoms with Gasteiger partial charge in [-0.15, -0.1) is 0 Å². The monoisotopic (exact) mass is 335 g/mol. The van der Waals surface area contributed by atoms with Crippen molar-refractivity contribution >= 4 is 46.5 Å². The van der Waals surface area contributed by atoms with Crippen LogP contribution in [-0.4, -0.2) is 29.5 Å². The van der Waals surface area contributed by atoms with Crippen LogP contribution in [0, 0.1) is 0 Å². The molecule has 0 heterocycles. The Morgan fingerprint density at radius 1 is 1.17 bits per heavy atom. The molecule has 0 aliphatic rings. The predicted molar refractivity (Wildman–Crippen MR) is 90.9 cm³/mol. The Kier molecular flexibility index (Phi) is 7.41. The fourth-order valence-electron chi connectivity index (χ4n) is 1.53. The van der Waals surface area contributed by atoms with Gasteiger partial charge in [-0.25, -0.2) is 4.79 Å². The van der Waals surface area contributed by atoms with E-state index in [0.717, 1.165) is 12.2 Å². The molecule has 3 N–H and O–H groups in total. The minimum Gasteiger partial charge on any atom is -0.463 e. The summed E-state index contributed by atoms with van der Waals surface area (Å²) < 4.78 is 4.65. The van der Waals surface area contributed by atoms with Gasteiger partial charge in [0.2, 0.25) is 11.8 Å². The summed E-state index contributed by atoms with van der Waals surface area (Å²) >= 11 is 4.99. The molecule has 0 saturated carbocycles. The Bertz CT molecular complexity index is 643. The molecule has 0 unspecified atom stereocenters. The van der Waals surface area contributed by atoms with E-state index in [1.165, 1.54) is 6.92 Å². The molecular weight excluding hydrogens is 318 g/mol. The summed E-state index contributed by atoms with van der Waals surface area (Å²) in [6, 6.07) is 6.82. The summed E-state index contributed by atoms with van der Waals surface area (Å²) in [5.74, 6) is -1.36. The van der Waals surface area contributed by atoms with Crippen molar-refractivity contribution < 1.29 is 19.1 Å². The number of esters is 1. The topological polar surface area (TPSA) is 96.5 Å². The van der Waals surface area contributed by atoms with Gasteiger partial charge in [0.05, 0.1) is 6.61 Å². The maximum atomic E-state index is 11.6. The van der Waals surface area contributed by atoms with Crippen LogP contribution in [0.3, 0.4) is 0 Å². The molecule has 0 spiro atoms. The summed E-state index contributed by atoms with van der Waals surface area (Å²) in [5.41, 5.74) is 1.19. The zero-order chi connectivity index (χ0) is 17.2. The van der Waals surface area contributed by atoms with Crippen molar-refractivity contribution in [3.8, 4) is 0 Å². The van der Waals surface area contributed by atoms with Crippen LogP contribution in [0.25, 0.3) is 0 Å². The summed E-state index contributed by atoms with van der Waals surface area (Å²) in [6.07, 6.45) is 2.04. The van der Waals surface area contributed by atoms with Crippen molar-refractivity contribution in [2.45, 2.75) is 13.8 Å². The molecule has 8 heteroatoms. The Balaban J connectivity index is 2.54. The third kappa shape index (κ3) is 7.72. The number of anilines is 2.